The highest BCUT2D eigenvalue weighted by atomic mass is 35.5. The number of esters is 1. The Bertz CT molecular complexity index is 1370. The lowest BCUT2D eigenvalue weighted by molar-refractivity contribution is -0.123. The van der Waals surface area contributed by atoms with Crippen molar-refractivity contribution in [2.45, 2.75) is 0 Å². The molecule has 4 rings (SSSR count). The van der Waals surface area contributed by atoms with Gasteiger partial charge in [-0.05, 0) is 53.2 Å². The standard InChI is InChI=1S/C26H18ClFN2O4/c27-23-8-4-3-7-21(23)26(32)34-24-14-9-17-5-1-2-6-20(17)22(24)15-29-30-25(31)16-33-19-12-10-18(28)11-13-19/h1-15H,16H2,(H,30,31). The van der Waals surface area contributed by atoms with Gasteiger partial charge in [0, 0.05) is 5.56 Å². The third-order valence-corrected chi connectivity index (χ3v) is 5.12. The van der Waals surface area contributed by atoms with Crippen LogP contribution >= 0.6 is 11.6 Å². The summed E-state index contributed by atoms with van der Waals surface area (Å²) < 4.78 is 23.9. The zero-order valence-electron chi connectivity index (χ0n) is 17.7. The maximum Gasteiger partial charge on any atom is 0.345 e. The van der Waals surface area contributed by atoms with E-state index in [2.05, 4.69) is 10.5 Å². The number of benzene rings is 4. The molecule has 0 atom stereocenters. The van der Waals surface area contributed by atoms with Crippen molar-refractivity contribution in [2.24, 2.45) is 5.10 Å². The molecule has 0 saturated heterocycles. The molecular formula is C26H18ClFN2O4. The minimum absolute atomic E-state index is 0.228. The number of carbonyl (C=O) groups is 2. The van der Waals surface area contributed by atoms with Gasteiger partial charge >= 0.3 is 5.97 Å². The summed E-state index contributed by atoms with van der Waals surface area (Å²) >= 11 is 6.12. The molecule has 0 radical (unpaired) electrons. The number of halogens is 2. The van der Waals surface area contributed by atoms with Gasteiger partial charge in [-0.3, -0.25) is 4.79 Å². The van der Waals surface area contributed by atoms with E-state index >= 15 is 0 Å². The Morgan fingerprint density at radius 2 is 1.68 bits per heavy atom. The Balaban J connectivity index is 1.51. The molecule has 6 nitrogen and oxygen atoms in total. The van der Waals surface area contributed by atoms with E-state index in [0.717, 1.165) is 10.8 Å². The molecule has 170 valence electrons. The molecule has 0 fully saturated rings. The van der Waals surface area contributed by atoms with Crippen molar-refractivity contribution in [3.05, 3.63) is 107 Å². The quantitative estimate of drug-likeness (QED) is 0.168. The lowest BCUT2D eigenvalue weighted by Crippen LogP contribution is -2.24. The van der Waals surface area contributed by atoms with Crippen LogP contribution in [0.1, 0.15) is 15.9 Å². The maximum absolute atomic E-state index is 13.0. The summed E-state index contributed by atoms with van der Waals surface area (Å²) in [6.45, 7) is -0.313. The van der Waals surface area contributed by atoms with Crippen molar-refractivity contribution >= 4 is 40.5 Å². The molecule has 0 saturated carbocycles. The molecule has 4 aromatic carbocycles. The fraction of sp³-hybridized carbons (Fsp3) is 0.0385. The number of ether oxygens (including phenoxy) is 2. The van der Waals surface area contributed by atoms with Crippen LogP contribution in [0, 0.1) is 5.82 Å². The normalized spacial score (nSPS) is 10.9. The van der Waals surface area contributed by atoms with Gasteiger partial charge in [0.05, 0.1) is 16.8 Å². The van der Waals surface area contributed by atoms with Gasteiger partial charge in [-0.2, -0.15) is 5.10 Å². The van der Waals surface area contributed by atoms with E-state index in [4.69, 9.17) is 21.1 Å². The van der Waals surface area contributed by atoms with Gasteiger partial charge in [-0.25, -0.2) is 14.6 Å². The zero-order chi connectivity index (χ0) is 23.9. The van der Waals surface area contributed by atoms with E-state index in [1.807, 2.05) is 30.3 Å². The highest BCUT2D eigenvalue weighted by Crippen LogP contribution is 2.28. The van der Waals surface area contributed by atoms with Crippen molar-refractivity contribution in [2.75, 3.05) is 6.61 Å². The van der Waals surface area contributed by atoms with Crippen LogP contribution in [0.4, 0.5) is 4.39 Å². The first kappa shape index (κ1) is 22.9. The molecule has 0 aromatic heterocycles. The van der Waals surface area contributed by atoms with E-state index in [-0.39, 0.29) is 22.9 Å². The van der Waals surface area contributed by atoms with Gasteiger partial charge in [0.25, 0.3) is 5.91 Å². The van der Waals surface area contributed by atoms with Gasteiger partial charge in [-0.15, -0.1) is 0 Å². The molecule has 0 unspecified atom stereocenters. The molecule has 0 heterocycles. The molecule has 1 amide bonds. The number of hydrogen-bond acceptors (Lipinski definition) is 5. The van der Waals surface area contributed by atoms with Crippen LogP contribution < -0.4 is 14.9 Å². The van der Waals surface area contributed by atoms with Gasteiger partial charge in [0.15, 0.2) is 6.61 Å². The first-order valence-corrected chi connectivity index (χ1v) is 10.6. The third-order valence-electron chi connectivity index (χ3n) is 4.79. The molecule has 8 heteroatoms. The second-order valence-electron chi connectivity index (χ2n) is 7.10. The predicted octanol–water partition coefficient (Wildman–Crippen LogP) is 5.38. The maximum atomic E-state index is 13.0. The first-order chi connectivity index (χ1) is 16.5. The molecule has 0 spiro atoms. The number of amides is 1. The molecule has 0 aliphatic rings. The number of carbonyl (C=O) groups excluding carboxylic acids is 2. The Morgan fingerprint density at radius 1 is 0.941 bits per heavy atom. The third kappa shape index (κ3) is 5.57. The first-order valence-electron chi connectivity index (χ1n) is 10.2. The second-order valence-corrected chi connectivity index (χ2v) is 7.51. The number of fused-ring (bicyclic) bond motifs is 1. The van der Waals surface area contributed by atoms with Crippen LogP contribution in [-0.2, 0) is 4.79 Å². The summed E-state index contributed by atoms with van der Waals surface area (Å²) in [5, 5.41) is 5.94. The Kier molecular flexibility index (Phi) is 7.15. The summed E-state index contributed by atoms with van der Waals surface area (Å²) in [5.74, 6) is -0.933. The Hall–Kier alpha value is -4.23. The number of nitrogens with one attached hydrogen (secondary N) is 1. The monoisotopic (exact) mass is 476 g/mol. The summed E-state index contributed by atoms with van der Waals surface area (Å²) in [6.07, 6.45) is 1.40. The van der Waals surface area contributed by atoms with Crippen molar-refractivity contribution in [3.8, 4) is 11.5 Å². The smallest absolute Gasteiger partial charge is 0.345 e. The summed E-state index contributed by atoms with van der Waals surface area (Å²) in [5.41, 5.74) is 3.10. The van der Waals surface area contributed by atoms with E-state index in [1.165, 1.54) is 30.5 Å². The Labute approximate surface area is 199 Å². The van der Waals surface area contributed by atoms with Crippen LogP contribution in [0.3, 0.4) is 0 Å². The van der Waals surface area contributed by atoms with Gasteiger partial charge in [0.1, 0.15) is 17.3 Å². The molecule has 4 aromatic rings. The van der Waals surface area contributed by atoms with Gasteiger partial charge in [-0.1, -0.05) is 54.1 Å². The number of rotatable bonds is 7. The van der Waals surface area contributed by atoms with Crippen LogP contribution in [0.25, 0.3) is 10.8 Å². The average molecular weight is 477 g/mol. The van der Waals surface area contributed by atoms with E-state index in [1.54, 1.807) is 30.3 Å². The lowest BCUT2D eigenvalue weighted by Gasteiger charge is -2.11. The number of hydrazone groups is 1. The average Bonchev–Trinajstić information content (AvgIpc) is 2.85. The van der Waals surface area contributed by atoms with E-state index < -0.39 is 17.7 Å². The molecular weight excluding hydrogens is 459 g/mol. The molecule has 1 N–H and O–H groups in total. The van der Waals surface area contributed by atoms with Crippen LogP contribution in [0.15, 0.2) is 90.0 Å². The summed E-state index contributed by atoms with van der Waals surface area (Å²) in [4.78, 5) is 24.8. The van der Waals surface area contributed by atoms with Crippen molar-refractivity contribution in [1.29, 1.82) is 0 Å². The number of nitrogens with zero attached hydrogens (tertiary/aromatic N) is 1. The lowest BCUT2D eigenvalue weighted by atomic mass is 10.0. The fourth-order valence-corrected chi connectivity index (χ4v) is 3.37. The minimum Gasteiger partial charge on any atom is -0.484 e. The number of hydrogen-bond donors (Lipinski definition) is 1. The van der Waals surface area contributed by atoms with Crippen molar-refractivity contribution in [1.82, 2.24) is 5.43 Å². The molecule has 0 aliphatic heterocycles. The van der Waals surface area contributed by atoms with E-state index in [0.29, 0.717) is 11.3 Å². The molecule has 0 aliphatic carbocycles. The van der Waals surface area contributed by atoms with Crippen LogP contribution in [0.2, 0.25) is 5.02 Å². The topological polar surface area (TPSA) is 77.0 Å². The van der Waals surface area contributed by atoms with Crippen LogP contribution in [-0.4, -0.2) is 24.7 Å². The molecule has 34 heavy (non-hydrogen) atoms. The summed E-state index contributed by atoms with van der Waals surface area (Å²) in [6, 6.07) is 22.8. The van der Waals surface area contributed by atoms with Crippen molar-refractivity contribution in [3.63, 3.8) is 0 Å². The second kappa shape index (κ2) is 10.6. The molecule has 0 bridgehead atoms. The fourth-order valence-electron chi connectivity index (χ4n) is 3.16. The van der Waals surface area contributed by atoms with Gasteiger partial charge in [0.2, 0.25) is 0 Å². The van der Waals surface area contributed by atoms with Crippen molar-refractivity contribution < 1.29 is 23.5 Å². The van der Waals surface area contributed by atoms with Gasteiger partial charge < -0.3 is 9.47 Å². The zero-order valence-corrected chi connectivity index (χ0v) is 18.5. The van der Waals surface area contributed by atoms with E-state index in [9.17, 15) is 14.0 Å². The predicted molar refractivity (Wildman–Crippen MR) is 128 cm³/mol. The largest absolute Gasteiger partial charge is 0.484 e. The summed E-state index contributed by atoms with van der Waals surface area (Å²) in [7, 11) is 0. The highest BCUT2D eigenvalue weighted by Gasteiger charge is 2.15. The minimum atomic E-state index is -0.618. The Morgan fingerprint density at radius 3 is 2.47 bits per heavy atom. The SMILES string of the molecule is O=C(COc1ccc(F)cc1)NN=Cc1c(OC(=O)c2ccccc2Cl)ccc2ccccc12. The highest BCUT2D eigenvalue weighted by molar-refractivity contribution is 6.33. The van der Waals surface area contributed by atoms with Crippen LogP contribution in [0.5, 0.6) is 11.5 Å².